The van der Waals surface area contributed by atoms with E-state index in [9.17, 15) is 0 Å². The summed E-state index contributed by atoms with van der Waals surface area (Å²) in [6.45, 7) is 1.49. The van der Waals surface area contributed by atoms with Gasteiger partial charge in [-0.25, -0.2) is 0 Å². The van der Waals surface area contributed by atoms with Gasteiger partial charge in [0.25, 0.3) is 6.01 Å². The average molecular weight is 195 g/mol. The van der Waals surface area contributed by atoms with E-state index in [0.29, 0.717) is 12.6 Å². The van der Waals surface area contributed by atoms with Crippen molar-refractivity contribution in [1.82, 2.24) is 4.98 Å². The first-order valence-corrected chi connectivity index (χ1v) is 5.15. The molecule has 1 saturated carbocycles. The molecule has 1 aliphatic rings. The molecule has 1 heterocycles. The van der Waals surface area contributed by atoms with Gasteiger partial charge in [0.05, 0.1) is 5.69 Å². The number of nitrogens with zero attached hydrogens (tertiary/aromatic N) is 2. The third-order valence-corrected chi connectivity index (χ3v) is 2.83. The van der Waals surface area contributed by atoms with Crippen molar-refractivity contribution in [1.29, 1.82) is 0 Å². The van der Waals surface area contributed by atoms with Crippen LogP contribution in [0.5, 0.6) is 0 Å². The lowest BCUT2D eigenvalue weighted by Crippen LogP contribution is -2.29. The molecule has 14 heavy (non-hydrogen) atoms. The van der Waals surface area contributed by atoms with E-state index in [0.717, 1.165) is 18.2 Å². The molecule has 4 heteroatoms. The lowest BCUT2D eigenvalue weighted by atomic mass is 9.85. The van der Waals surface area contributed by atoms with Crippen molar-refractivity contribution in [3.8, 4) is 0 Å². The minimum Gasteiger partial charge on any atom is -0.432 e. The summed E-state index contributed by atoms with van der Waals surface area (Å²) in [6, 6.07) is 0.692. The van der Waals surface area contributed by atoms with Gasteiger partial charge in [-0.1, -0.05) is 6.42 Å². The van der Waals surface area contributed by atoms with Crippen molar-refractivity contribution in [3.63, 3.8) is 0 Å². The van der Waals surface area contributed by atoms with Crippen molar-refractivity contribution in [2.45, 2.75) is 25.8 Å². The van der Waals surface area contributed by atoms with Crippen molar-refractivity contribution >= 4 is 6.01 Å². The van der Waals surface area contributed by atoms with Gasteiger partial charge >= 0.3 is 0 Å². The summed E-state index contributed by atoms with van der Waals surface area (Å²) in [6.07, 6.45) is 5.69. The summed E-state index contributed by atoms with van der Waals surface area (Å²) in [5, 5.41) is 0. The molecule has 1 aromatic rings. The molecule has 0 spiro atoms. The lowest BCUT2D eigenvalue weighted by Gasteiger charge is -2.29. The summed E-state index contributed by atoms with van der Waals surface area (Å²) in [5.41, 5.74) is 6.28. The zero-order valence-corrected chi connectivity index (χ0v) is 8.57. The smallest absolute Gasteiger partial charge is 0.297 e. The standard InChI is InChI=1S/C10H17N3O/c1-13(6-8-3-2-4-8)10-12-9(5-11)7-14-10/h7-8H,2-6,11H2,1H3. The SMILES string of the molecule is CN(CC1CCC1)c1nc(CN)co1. The Hall–Kier alpha value is -1.03. The second-order valence-corrected chi connectivity index (χ2v) is 4.00. The maximum absolute atomic E-state index is 5.46. The molecule has 0 saturated heterocycles. The van der Waals surface area contributed by atoms with E-state index in [4.69, 9.17) is 10.2 Å². The monoisotopic (exact) mass is 195 g/mol. The van der Waals surface area contributed by atoms with Crippen LogP contribution >= 0.6 is 0 Å². The Labute approximate surface area is 84.1 Å². The zero-order valence-electron chi connectivity index (χ0n) is 8.57. The largest absolute Gasteiger partial charge is 0.432 e. The van der Waals surface area contributed by atoms with E-state index in [1.807, 2.05) is 7.05 Å². The fraction of sp³-hybridized carbons (Fsp3) is 0.700. The predicted molar refractivity (Wildman–Crippen MR) is 55.0 cm³/mol. The third kappa shape index (κ3) is 1.90. The van der Waals surface area contributed by atoms with Gasteiger partial charge in [0, 0.05) is 20.1 Å². The Morgan fingerprint density at radius 1 is 1.64 bits per heavy atom. The van der Waals surface area contributed by atoms with Crippen LogP contribution in [0.25, 0.3) is 0 Å². The minimum absolute atomic E-state index is 0.445. The predicted octanol–water partition coefficient (Wildman–Crippen LogP) is 1.37. The Morgan fingerprint density at radius 2 is 2.43 bits per heavy atom. The summed E-state index contributed by atoms with van der Waals surface area (Å²) in [5.74, 6) is 0.827. The molecule has 0 bridgehead atoms. The van der Waals surface area contributed by atoms with Crippen LogP contribution in [0.3, 0.4) is 0 Å². The maximum Gasteiger partial charge on any atom is 0.297 e. The van der Waals surface area contributed by atoms with E-state index in [1.54, 1.807) is 6.26 Å². The highest BCUT2D eigenvalue weighted by atomic mass is 16.4. The molecule has 0 aromatic carbocycles. The highest BCUT2D eigenvalue weighted by Gasteiger charge is 2.20. The molecule has 1 aliphatic carbocycles. The number of aromatic nitrogens is 1. The molecule has 0 atom stereocenters. The highest BCUT2D eigenvalue weighted by Crippen LogP contribution is 2.28. The van der Waals surface area contributed by atoms with Gasteiger partial charge in [0.15, 0.2) is 0 Å². The molecular weight excluding hydrogens is 178 g/mol. The molecule has 0 amide bonds. The van der Waals surface area contributed by atoms with E-state index in [-0.39, 0.29) is 0 Å². The number of oxazole rings is 1. The van der Waals surface area contributed by atoms with Crippen molar-refractivity contribution < 1.29 is 4.42 Å². The molecule has 2 N–H and O–H groups in total. The van der Waals surface area contributed by atoms with Crippen LogP contribution in [0.1, 0.15) is 25.0 Å². The number of hydrogen-bond donors (Lipinski definition) is 1. The first-order valence-electron chi connectivity index (χ1n) is 5.15. The maximum atomic E-state index is 5.46. The van der Waals surface area contributed by atoms with Crippen LogP contribution in [-0.2, 0) is 6.54 Å². The first kappa shape index (κ1) is 9.52. The van der Waals surface area contributed by atoms with Crippen LogP contribution in [0.15, 0.2) is 10.7 Å². The summed E-state index contributed by atoms with van der Waals surface area (Å²) < 4.78 is 5.32. The van der Waals surface area contributed by atoms with Crippen LogP contribution in [0.4, 0.5) is 6.01 Å². The molecule has 4 nitrogen and oxygen atoms in total. The normalized spacial score (nSPS) is 16.7. The number of hydrogen-bond acceptors (Lipinski definition) is 4. The van der Waals surface area contributed by atoms with Crippen molar-refractivity contribution in [2.75, 3.05) is 18.5 Å². The van der Waals surface area contributed by atoms with Crippen molar-refractivity contribution in [2.24, 2.45) is 11.7 Å². The molecule has 0 aliphatic heterocycles. The second-order valence-electron chi connectivity index (χ2n) is 4.00. The van der Waals surface area contributed by atoms with Gasteiger partial charge in [-0.2, -0.15) is 4.98 Å². The van der Waals surface area contributed by atoms with Crippen LogP contribution < -0.4 is 10.6 Å². The van der Waals surface area contributed by atoms with Gasteiger partial charge < -0.3 is 15.1 Å². The zero-order chi connectivity index (χ0) is 9.97. The van der Waals surface area contributed by atoms with E-state index in [1.165, 1.54) is 19.3 Å². The van der Waals surface area contributed by atoms with E-state index < -0.39 is 0 Å². The molecule has 1 aromatic heterocycles. The first-order chi connectivity index (χ1) is 6.79. The van der Waals surface area contributed by atoms with Crippen LogP contribution in [0.2, 0.25) is 0 Å². The van der Waals surface area contributed by atoms with Gasteiger partial charge in [0.1, 0.15) is 6.26 Å². The number of nitrogens with two attached hydrogens (primary N) is 1. The van der Waals surface area contributed by atoms with E-state index >= 15 is 0 Å². The molecule has 0 radical (unpaired) electrons. The number of anilines is 1. The molecule has 0 unspecified atom stereocenters. The van der Waals surface area contributed by atoms with Gasteiger partial charge in [-0.15, -0.1) is 0 Å². The minimum atomic E-state index is 0.445. The Bertz CT molecular complexity index is 293. The van der Waals surface area contributed by atoms with Gasteiger partial charge in [0.2, 0.25) is 0 Å². The quantitative estimate of drug-likeness (QED) is 0.788. The van der Waals surface area contributed by atoms with Crippen molar-refractivity contribution in [3.05, 3.63) is 12.0 Å². The second kappa shape index (κ2) is 4.00. The highest BCUT2D eigenvalue weighted by molar-refractivity contribution is 5.25. The lowest BCUT2D eigenvalue weighted by molar-refractivity contribution is 0.316. The number of rotatable bonds is 4. The Morgan fingerprint density at radius 3 is 2.93 bits per heavy atom. The van der Waals surface area contributed by atoms with Crippen LogP contribution in [0, 0.1) is 5.92 Å². The molecule has 1 fully saturated rings. The van der Waals surface area contributed by atoms with Crippen LogP contribution in [-0.4, -0.2) is 18.6 Å². The Kier molecular flexibility index (Phi) is 2.72. The molecular formula is C10H17N3O. The van der Waals surface area contributed by atoms with Gasteiger partial charge in [-0.05, 0) is 18.8 Å². The molecule has 2 rings (SSSR count). The topological polar surface area (TPSA) is 55.3 Å². The summed E-state index contributed by atoms with van der Waals surface area (Å²) in [4.78, 5) is 6.35. The third-order valence-electron chi connectivity index (χ3n) is 2.83. The Balaban J connectivity index is 1.92. The van der Waals surface area contributed by atoms with E-state index in [2.05, 4.69) is 9.88 Å². The fourth-order valence-electron chi connectivity index (χ4n) is 1.71. The average Bonchev–Trinajstić information content (AvgIpc) is 2.59. The summed E-state index contributed by atoms with van der Waals surface area (Å²) >= 11 is 0. The fourth-order valence-corrected chi connectivity index (χ4v) is 1.71. The summed E-state index contributed by atoms with van der Waals surface area (Å²) in [7, 11) is 2.02. The van der Waals surface area contributed by atoms with Gasteiger partial charge in [-0.3, -0.25) is 0 Å². The molecule has 78 valence electrons.